The summed E-state index contributed by atoms with van der Waals surface area (Å²) in [5, 5.41) is 3.35. The molecule has 0 aliphatic rings. The van der Waals surface area contributed by atoms with Gasteiger partial charge in [-0.25, -0.2) is 0 Å². The topological polar surface area (TPSA) is 28.4 Å². The second-order valence-electron chi connectivity index (χ2n) is 5.94. The quantitative estimate of drug-likeness (QED) is 0.701. The molecule has 0 aliphatic carbocycles. The van der Waals surface area contributed by atoms with Crippen molar-refractivity contribution < 1.29 is 4.42 Å². The highest BCUT2D eigenvalue weighted by atomic mass is 16.3. The molecule has 1 aromatic heterocycles. The summed E-state index contributed by atoms with van der Waals surface area (Å²) < 4.78 is 5.63. The van der Waals surface area contributed by atoms with Crippen LogP contribution in [0.1, 0.15) is 58.8 Å². The average Bonchev–Trinajstić information content (AvgIpc) is 2.84. The van der Waals surface area contributed by atoms with Crippen molar-refractivity contribution in [3.8, 4) is 0 Å². The lowest BCUT2D eigenvalue weighted by Gasteiger charge is -2.31. The highest BCUT2D eigenvalue weighted by molar-refractivity contribution is 5.17. The smallest absolute Gasteiger partial charge is 0.122 e. The molecule has 0 amide bonds. The summed E-state index contributed by atoms with van der Waals surface area (Å²) in [6, 6.07) is 2.79. The van der Waals surface area contributed by atoms with Gasteiger partial charge in [-0.2, -0.15) is 0 Å². The number of hydrogen-bond acceptors (Lipinski definition) is 3. The zero-order valence-electron chi connectivity index (χ0n) is 13.9. The number of hydrogen-bond donors (Lipinski definition) is 1. The van der Waals surface area contributed by atoms with Crippen LogP contribution < -0.4 is 5.32 Å². The van der Waals surface area contributed by atoms with Gasteiger partial charge >= 0.3 is 0 Å². The van der Waals surface area contributed by atoms with E-state index < -0.39 is 0 Å². The van der Waals surface area contributed by atoms with Crippen LogP contribution >= 0.6 is 0 Å². The molecular weight excluding hydrogens is 248 g/mol. The zero-order chi connectivity index (χ0) is 15.0. The molecule has 0 fully saturated rings. The summed E-state index contributed by atoms with van der Waals surface area (Å²) in [4.78, 5) is 2.62. The molecular formula is C17H32N2O. The van der Waals surface area contributed by atoms with Gasteiger partial charge < -0.3 is 9.73 Å². The summed E-state index contributed by atoms with van der Waals surface area (Å²) in [5.41, 5.74) is 1.33. The van der Waals surface area contributed by atoms with Crippen LogP contribution in [0.2, 0.25) is 0 Å². The number of rotatable bonds is 10. The zero-order valence-corrected chi connectivity index (χ0v) is 13.9. The maximum atomic E-state index is 5.63. The van der Waals surface area contributed by atoms with Crippen molar-refractivity contribution in [3.63, 3.8) is 0 Å². The van der Waals surface area contributed by atoms with Crippen molar-refractivity contribution >= 4 is 0 Å². The Labute approximate surface area is 124 Å². The van der Waals surface area contributed by atoms with E-state index in [-0.39, 0.29) is 0 Å². The molecule has 1 heterocycles. The molecule has 0 aliphatic heterocycles. The maximum absolute atomic E-state index is 5.63. The van der Waals surface area contributed by atoms with Crippen LogP contribution in [0.3, 0.4) is 0 Å². The van der Waals surface area contributed by atoms with Gasteiger partial charge in [0.2, 0.25) is 0 Å². The lowest BCUT2D eigenvalue weighted by Crippen LogP contribution is -2.37. The molecule has 0 aromatic carbocycles. The Morgan fingerprint density at radius 1 is 1.20 bits per heavy atom. The van der Waals surface area contributed by atoms with Crippen LogP contribution in [0.5, 0.6) is 0 Å². The monoisotopic (exact) mass is 280 g/mol. The van der Waals surface area contributed by atoms with Gasteiger partial charge in [0.15, 0.2) is 0 Å². The van der Waals surface area contributed by atoms with E-state index in [0.717, 1.165) is 31.9 Å². The van der Waals surface area contributed by atoms with Crippen molar-refractivity contribution in [2.45, 2.75) is 66.6 Å². The van der Waals surface area contributed by atoms with Gasteiger partial charge in [0.1, 0.15) is 5.76 Å². The van der Waals surface area contributed by atoms with E-state index in [1.165, 1.54) is 18.4 Å². The van der Waals surface area contributed by atoms with E-state index in [0.29, 0.717) is 12.0 Å². The van der Waals surface area contributed by atoms with Crippen LogP contribution in [0.25, 0.3) is 0 Å². The van der Waals surface area contributed by atoms with E-state index in [9.17, 15) is 0 Å². The van der Waals surface area contributed by atoms with Gasteiger partial charge in [0.05, 0.1) is 12.8 Å². The molecule has 1 rings (SSSR count). The number of furan rings is 1. The van der Waals surface area contributed by atoms with Crippen LogP contribution in [-0.4, -0.2) is 24.0 Å². The Balaban J connectivity index is 2.75. The third kappa shape index (κ3) is 5.29. The van der Waals surface area contributed by atoms with Gasteiger partial charge in [-0.05, 0) is 31.4 Å². The first-order chi connectivity index (χ1) is 9.62. The summed E-state index contributed by atoms with van der Waals surface area (Å²) in [7, 11) is 0. The summed E-state index contributed by atoms with van der Waals surface area (Å²) in [6.07, 6.45) is 4.25. The second-order valence-corrected chi connectivity index (χ2v) is 5.94. The Bertz CT molecular complexity index is 356. The van der Waals surface area contributed by atoms with E-state index in [2.05, 4.69) is 50.9 Å². The van der Waals surface area contributed by atoms with Gasteiger partial charge in [0, 0.05) is 24.7 Å². The van der Waals surface area contributed by atoms with Crippen LogP contribution in [0.15, 0.2) is 16.7 Å². The lowest BCUT2D eigenvalue weighted by atomic mass is 10.1. The minimum Gasteiger partial charge on any atom is -0.468 e. The van der Waals surface area contributed by atoms with E-state index in [4.69, 9.17) is 4.42 Å². The standard InChI is InChI=1S/C17H32N2O/c1-6-16(7-2)19(12-14(4)5)13-15-9-10-20-17(15)11-18-8-3/h9-10,14,16,18H,6-8,11-13H2,1-5H3. The van der Waals surface area contributed by atoms with Crippen LogP contribution in [-0.2, 0) is 13.1 Å². The van der Waals surface area contributed by atoms with Gasteiger partial charge in [-0.1, -0.05) is 34.6 Å². The predicted octanol–water partition coefficient (Wildman–Crippen LogP) is 4.04. The fourth-order valence-electron chi connectivity index (χ4n) is 2.74. The Hall–Kier alpha value is -0.800. The summed E-state index contributed by atoms with van der Waals surface area (Å²) in [5.74, 6) is 1.78. The molecule has 0 atom stereocenters. The van der Waals surface area contributed by atoms with E-state index >= 15 is 0 Å². The Kier molecular flexibility index (Phi) is 7.93. The van der Waals surface area contributed by atoms with Crippen molar-refractivity contribution in [2.24, 2.45) is 5.92 Å². The molecule has 0 saturated carbocycles. The molecule has 3 nitrogen and oxygen atoms in total. The van der Waals surface area contributed by atoms with Crippen molar-refractivity contribution in [2.75, 3.05) is 13.1 Å². The molecule has 0 bridgehead atoms. The van der Waals surface area contributed by atoms with Crippen molar-refractivity contribution in [1.82, 2.24) is 10.2 Å². The van der Waals surface area contributed by atoms with Crippen molar-refractivity contribution in [1.29, 1.82) is 0 Å². The molecule has 0 radical (unpaired) electrons. The maximum Gasteiger partial charge on any atom is 0.122 e. The van der Waals surface area contributed by atoms with E-state index in [1.54, 1.807) is 0 Å². The third-order valence-corrected chi connectivity index (χ3v) is 3.81. The fraction of sp³-hybridized carbons (Fsp3) is 0.765. The number of nitrogens with zero attached hydrogens (tertiary/aromatic N) is 1. The molecule has 116 valence electrons. The highest BCUT2D eigenvalue weighted by Gasteiger charge is 2.18. The van der Waals surface area contributed by atoms with Crippen LogP contribution in [0, 0.1) is 5.92 Å². The summed E-state index contributed by atoms with van der Waals surface area (Å²) >= 11 is 0. The van der Waals surface area contributed by atoms with Gasteiger partial charge in [-0.3, -0.25) is 4.90 Å². The first kappa shape index (κ1) is 17.3. The molecule has 1 N–H and O–H groups in total. The molecule has 20 heavy (non-hydrogen) atoms. The molecule has 3 heteroatoms. The third-order valence-electron chi connectivity index (χ3n) is 3.81. The molecule has 0 unspecified atom stereocenters. The fourth-order valence-corrected chi connectivity index (χ4v) is 2.74. The normalized spacial score (nSPS) is 12.0. The minimum atomic E-state index is 0.666. The van der Waals surface area contributed by atoms with Gasteiger partial charge in [-0.15, -0.1) is 0 Å². The van der Waals surface area contributed by atoms with Crippen LogP contribution in [0.4, 0.5) is 0 Å². The average molecular weight is 280 g/mol. The number of nitrogens with one attached hydrogen (secondary N) is 1. The minimum absolute atomic E-state index is 0.666. The lowest BCUT2D eigenvalue weighted by molar-refractivity contribution is 0.156. The summed E-state index contributed by atoms with van der Waals surface area (Å²) in [6.45, 7) is 15.2. The first-order valence-corrected chi connectivity index (χ1v) is 8.12. The SMILES string of the molecule is CCNCc1occc1CN(CC(C)C)C(CC)CC. The molecule has 0 spiro atoms. The first-order valence-electron chi connectivity index (χ1n) is 8.12. The largest absolute Gasteiger partial charge is 0.468 e. The van der Waals surface area contributed by atoms with Gasteiger partial charge in [0.25, 0.3) is 0 Å². The highest BCUT2D eigenvalue weighted by Crippen LogP contribution is 2.19. The van der Waals surface area contributed by atoms with Crippen molar-refractivity contribution in [3.05, 3.63) is 23.7 Å². The Morgan fingerprint density at radius 2 is 1.90 bits per heavy atom. The predicted molar refractivity (Wildman–Crippen MR) is 85.7 cm³/mol. The van der Waals surface area contributed by atoms with E-state index in [1.807, 2.05) is 6.26 Å². The Morgan fingerprint density at radius 3 is 2.45 bits per heavy atom. The molecule has 1 aromatic rings. The second kappa shape index (κ2) is 9.19. The molecule has 0 saturated heterocycles.